The summed E-state index contributed by atoms with van der Waals surface area (Å²) in [6, 6.07) is 10.5. The van der Waals surface area contributed by atoms with Gasteiger partial charge >= 0.3 is 0 Å². The second-order valence-corrected chi connectivity index (χ2v) is 7.72. The molecular weight excluding hydrogens is 452 g/mol. The summed E-state index contributed by atoms with van der Waals surface area (Å²) in [6.45, 7) is 3.07. The number of hydrogen-bond donors (Lipinski definition) is 1. The van der Waals surface area contributed by atoms with Crippen molar-refractivity contribution in [2.75, 3.05) is 0 Å². The molecule has 0 unspecified atom stereocenters. The number of nitriles is 1. The Bertz CT molecular complexity index is 1400. The van der Waals surface area contributed by atoms with Crippen molar-refractivity contribution in [2.45, 2.75) is 20.4 Å². The molecule has 0 saturated carbocycles. The second kappa shape index (κ2) is 7.35. The van der Waals surface area contributed by atoms with Crippen molar-refractivity contribution in [1.29, 1.82) is 5.26 Å². The highest BCUT2D eigenvalue weighted by Gasteiger charge is 2.29. The summed E-state index contributed by atoms with van der Waals surface area (Å²) in [6.07, 6.45) is 1.43. The van der Waals surface area contributed by atoms with E-state index in [4.69, 9.17) is 8.83 Å². The van der Waals surface area contributed by atoms with Crippen LogP contribution in [0.2, 0.25) is 0 Å². The molecule has 1 aromatic carbocycles. The molecule has 150 valence electrons. The second-order valence-electron chi connectivity index (χ2n) is 6.81. The quantitative estimate of drug-likeness (QED) is 0.445. The summed E-state index contributed by atoms with van der Waals surface area (Å²) in [7, 11) is 0. The summed E-state index contributed by atoms with van der Waals surface area (Å²) < 4.78 is 12.8. The Morgan fingerprint density at radius 2 is 2.03 bits per heavy atom. The highest BCUT2D eigenvalue weighted by atomic mass is 79.9. The van der Waals surface area contributed by atoms with Crippen molar-refractivity contribution in [3.8, 4) is 11.9 Å². The third-order valence-electron chi connectivity index (χ3n) is 5.03. The minimum atomic E-state index is -0.703. The molecule has 0 saturated heterocycles. The van der Waals surface area contributed by atoms with E-state index in [1.807, 2.05) is 12.1 Å². The van der Waals surface area contributed by atoms with E-state index >= 15 is 0 Å². The van der Waals surface area contributed by atoms with Crippen LogP contribution in [0.4, 0.5) is 0 Å². The van der Waals surface area contributed by atoms with E-state index in [0.717, 1.165) is 14.4 Å². The fourth-order valence-corrected chi connectivity index (χ4v) is 3.81. The number of benzene rings is 1. The first-order valence-corrected chi connectivity index (χ1v) is 9.75. The molecule has 3 heterocycles. The maximum absolute atomic E-state index is 13.4. The highest BCUT2D eigenvalue weighted by Crippen LogP contribution is 2.32. The van der Waals surface area contributed by atoms with Crippen LogP contribution in [0.5, 0.6) is 5.88 Å². The lowest BCUT2D eigenvalue weighted by atomic mass is 9.98. The Labute approximate surface area is 178 Å². The molecule has 0 bridgehead atoms. The van der Waals surface area contributed by atoms with Gasteiger partial charge in [0.1, 0.15) is 23.0 Å². The number of pyridine rings is 1. The van der Waals surface area contributed by atoms with E-state index < -0.39 is 17.2 Å². The van der Waals surface area contributed by atoms with Crippen molar-refractivity contribution in [1.82, 2.24) is 4.57 Å². The number of halogens is 1. The maximum Gasteiger partial charge on any atom is 0.271 e. The molecule has 0 atom stereocenters. The fraction of sp³-hybridized carbons (Fsp3) is 0.136. The monoisotopic (exact) mass is 466 g/mol. The molecule has 0 radical (unpaired) electrons. The summed E-state index contributed by atoms with van der Waals surface area (Å²) in [5, 5.41) is 21.1. The Kier molecular flexibility index (Phi) is 4.84. The maximum atomic E-state index is 13.4. The molecule has 3 aromatic heterocycles. The minimum Gasteiger partial charge on any atom is -0.494 e. The molecule has 4 rings (SSSR count). The molecule has 0 amide bonds. The van der Waals surface area contributed by atoms with Gasteiger partial charge in [-0.15, -0.1) is 0 Å². The molecule has 0 aliphatic rings. The fourth-order valence-electron chi connectivity index (χ4n) is 3.45. The summed E-state index contributed by atoms with van der Waals surface area (Å²) in [5.74, 6) is -0.727. The first-order valence-electron chi connectivity index (χ1n) is 8.95. The Balaban J connectivity index is 1.94. The molecule has 0 aliphatic heterocycles. The van der Waals surface area contributed by atoms with E-state index in [1.54, 1.807) is 31.2 Å². The van der Waals surface area contributed by atoms with Gasteiger partial charge in [0.2, 0.25) is 11.7 Å². The van der Waals surface area contributed by atoms with Gasteiger partial charge in [0.25, 0.3) is 5.56 Å². The summed E-state index contributed by atoms with van der Waals surface area (Å²) >= 11 is 3.40. The molecule has 0 fully saturated rings. The summed E-state index contributed by atoms with van der Waals surface area (Å²) in [4.78, 5) is 26.1. The number of carbonyl (C=O) groups excluding carboxylic acids is 1. The largest absolute Gasteiger partial charge is 0.494 e. The van der Waals surface area contributed by atoms with Crippen molar-refractivity contribution < 1.29 is 18.7 Å². The van der Waals surface area contributed by atoms with Crippen molar-refractivity contribution >= 4 is 32.7 Å². The third-order valence-corrected chi connectivity index (χ3v) is 5.52. The van der Waals surface area contributed by atoms with Crippen LogP contribution in [0.3, 0.4) is 0 Å². The number of rotatable bonds is 4. The van der Waals surface area contributed by atoms with E-state index in [2.05, 4.69) is 15.9 Å². The van der Waals surface area contributed by atoms with Gasteiger partial charge in [-0.05, 0) is 49.7 Å². The number of ketones is 1. The number of aromatic hydroxyl groups is 1. The summed E-state index contributed by atoms with van der Waals surface area (Å²) in [5.41, 5.74) is 0.128. The SMILES string of the molecule is Cc1c(C(=O)c2oc3ccc(Br)cc3c2C)c(O)n(Cc2ccco2)c(=O)c1C#N. The first-order chi connectivity index (χ1) is 14.3. The van der Waals surface area contributed by atoms with Gasteiger partial charge in [0, 0.05) is 15.4 Å². The third kappa shape index (κ3) is 3.04. The molecule has 7 nitrogen and oxygen atoms in total. The lowest BCUT2D eigenvalue weighted by Gasteiger charge is -2.14. The van der Waals surface area contributed by atoms with E-state index in [0.29, 0.717) is 16.9 Å². The number of fused-ring (bicyclic) bond motifs is 1. The van der Waals surface area contributed by atoms with Crippen LogP contribution >= 0.6 is 15.9 Å². The van der Waals surface area contributed by atoms with Crippen LogP contribution in [0.1, 0.15) is 38.6 Å². The Morgan fingerprint density at radius 1 is 1.27 bits per heavy atom. The van der Waals surface area contributed by atoms with Crippen LogP contribution in [0, 0.1) is 25.2 Å². The van der Waals surface area contributed by atoms with Gasteiger partial charge in [0.05, 0.1) is 18.4 Å². The van der Waals surface area contributed by atoms with Crippen molar-refractivity contribution in [2.24, 2.45) is 0 Å². The van der Waals surface area contributed by atoms with E-state index in [-0.39, 0.29) is 29.0 Å². The van der Waals surface area contributed by atoms with Crippen LogP contribution in [-0.4, -0.2) is 15.5 Å². The van der Waals surface area contributed by atoms with Crippen LogP contribution in [0.25, 0.3) is 11.0 Å². The molecule has 0 spiro atoms. The molecule has 0 aliphatic carbocycles. The zero-order valence-corrected chi connectivity index (χ0v) is 17.6. The van der Waals surface area contributed by atoms with Crippen LogP contribution in [-0.2, 0) is 6.54 Å². The van der Waals surface area contributed by atoms with Gasteiger partial charge in [-0.25, -0.2) is 0 Å². The van der Waals surface area contributed by atoms with Crippen LogP contribution < -0.4 is 5.56 Å². The van der Waals surface area contributed by atoms with Crippen molar-refractivity contribution in [3.63, 3.8) is 0 Å². The van der Waals surface area contributed by atoms with Crippen LogP contribution in [0.15, 0.2) is 54.7 Å². The number of furan rings is 2. The van der Waals surface area contributed by atoms with E-state index in [9.17, 15) is 20.0 Å². The predicted octanol–water partition coefficient (Wildman–Crippen LogP) is 4.42. The van der Waals surface area contributed by atoms with Gasteiger partial charge in [-0.1, -0.05) is 15.9 Å². The van der Waals surface area contributed by atoms with Gasteiger partial charge in [0.15, 0.2) is 5.76 Å². The lowest BCUT2D eigenvalue weighted by Crippen LogP contribution is -2.27. The topological polar surface area (TPSA) is 109 Å². The predicted molar refractivity (Wildman–Crippen MR) is 112 cm³/mol. The smallest absolute Gasteiger partial charge is 0.271 e. The Morgan fingerprint density at radius 3 is 2.70 bits per heavy atom. The zero-order chi connectivity index (χ0) is 21.6. The number of nitrogens with zero attached hydrogens (tertiary/aromatic N) is 2. The standard InChI is InChI=1S/C22H15BrN2O5/c1-11-16(9-24)21(27)25(10-14-4-3-7-29-14)22(28)18(11)19(26)20-12(2)15-8-13(23)5-6-17(15)30-20/h3-8,28H,10H2,1-2H3. The normalized spacial score (nSPS) is 11.0. The molecule has 4 aromatic rings. The number of aryl methyl sites for hydroxylation is 1. The molecule has 1 N–H and O–H groups in total. The van der Waals surface area contributed by atoms with Gasteiger partial charge in [-0.2, -0.15) is 5.26 Å². The molecule has 8 heteroatoms. The van der Waals surface area contributed by atoms with Gasteiger partial charge < -0.3 is 13.9 Å². The average Bonchev–Trinajstić information content (AvgIpc) is 3.34. The van der Waals surface area contributed by atoms with E-state index in [1.165, 1.54) is 13.2 Å². The Hall–Kier alpha value is -3.57. The number of hydrogen-bond acceptors (Lipinski definition) is 6. The number of carbonyl (C=O) groups is 1. The van der Waals surface area contributed by atoms with Crippen molar-refractivity contribution in [3.05, 3.63) is 85.2 Å². The molecular formula is C22H15BrN2O5. The van der Waals surface area contributed by atoms with Gasteiger partial charge in [-0.3, -0.25) is 14.2 Å². The zero-order valence-electron chi connectivity index (χ0n) is 16.0. The first kappa shape index (κ1) is 19.7. The molecule has 30 heavy (non-hydrogen) atoms. The lowest BCUT2D eigenvalue weighted by molar-refractivity contribution is 0.101. The number of aromatic nitrogens is 1. The average molecular weight is 467 g/mol. The minimum absolute atomic E-state index is 0.0357. The highest BCUT2D eigenvalue weighted by molar-refractivity contribution is 9.10.